The fourth-order valence-corrected chi connectivity index (χ4v) is 2.91. The standard InChI is InChI=1S/C17H12F2N4O2/c18-9-5-6-11(10(19)7-9)20-16(25)14-8-15(24)22-17-21-12-3-1-2-4-13(12)23(14)17/h1-7,14H,8H2,(H,20,25)(H,21,22,24). The van der Waals surface area contributed by atoms with E-state index in [1.807, 2.05) is 0 Å². The summed E-state index contributed by atoms with van der Waals surface area (Å²) in [6.45, 7) is 0. The van der Waals surface area contributed by atoms with Crippen molar-refractivity contribution in [2.75, 3.05) is 10.6 Å². The zero-order valence-corrected chi connectivity index (χ0v) is 12.8. The smallest absolute Gasteiger partial charge is 0.248 e. The van der Waals surface area contributed by atoms with Gasteiger partial charge >= 0.3 is 0 Å². The van der Waals surface area contributed by atoms with Crippen LogP contribution in [0.5, 0.6) is 0 Å². The van der Waals surface area contributed by atoms with Crippen molar-refractivity contribution in [1.29, 1.82) is 0 Å². The average Bonchev–Trinajstić information content (AvgIpc) is 2.94. The Morgan fingerprint density at radius 1 is 1.24 bits per heavy atom. The lowest BCUT2D eigenvalue weighted by molar-refractivity contribution is -0.124. The molecule has 0 fully saturated rings. The molecule has 1 aliphatic rings. The van der Waals surface area contributed by atoms with E-state index in [2.05, 4.69) is 15.6 Å². The van der Waals surface area contributed by atoms with Crippen molar-refractivity contribution >= 4 is 34.5 Å². The van der Waals surface area contributed by atoms with Crippen LogP contribution in [0.1, 0.15) is 12.5 Å². The molecule has 0 bridgehead atoms. The van der Waals surface area contributed by atoms with Gasteiger partial charge in [-0.05, 0) is 24.3 Å². The Kier molecular flexibility index (Phi) is 3.45. The Balaban J connectivity index is 1.73. The third kappa shape index (κ3) is 2.61. The summed E-state index contributed by atoms with van der Waals surface area (Å²) in [6, 6.07) is 9.11. The number of fused-ring (bicyclic) bond motifs is 3. The van der Waals surface area contributed by atoms with Crippen LogP contribution in [0, 0.1) is 11.6 Å². The number of hydrogen-bond acceptors (Lipinski definition) is 3. The van der Waals surface area contributed by atoms with E-state index in [9.17, 15) is 18.4 Å². The van der Waals surface area contributed by atoms with Crippen molar-refractivity contribution in [2.24, 2.45) is 0 Å². The first-order valence-electron chi connectivity index (χ1n) is 7.55. The van der Waals surface area contributed by atoms with Gasteiger partial charge in [-0.15, -0.1) is 0 Å². The van der Waals surface area contributed by atoms with Crippen LogP contribution in [0.15, 0.2) is 42.5 Å². The van der Waals surface area contributed by atoms with Gasteiger partial charge in [0.25, 0.3) is 0 Å². The number of rotatable bonds is 2. The largest absolute Gasteiger partial charge is 0.322 e. The van der Waals surface area contributed by atoms with Crippen LogP contribution < -0.4 is 10.6 Å². The Morgan fingerprint density at radius 2 is 2.04 bits per heavy atom. The molecule has 4 rings (SSSR count). The number of carbonyl (C=O) groups excluding carboxylic acids is 2. The summed E-state index contributed by atoms with van der Waals surface area (Å²) in [7, 11) is 0. The summed E-state index contributed by atoms with van der Waals surface area (Å²) in [5.41, 5.74) is 1.16. The first kappa shape index (κ1) is 15.3. The minimum atomic E-state index is -0.888. The van der Waals surface area contributed by atoms with E-state index in [1.54, 1.807) is 28.8 Å². The lowest BCUT2D eigenvalue weighted by Crippen LogP contribution is -2.35. The summed E-state index contributed by atoms with van der Waals surface area (Å²) in [5, 5.41) is 5.04. The summed E-state index contributed by atoms with van der Waals surface area (Å²) in [6.07, 6.45) is -0.109. The number of nitrogens with zero attached hydrogens (tertiary/aromatic N) is 2. The van der Waals surface area contributed by atoms with Crippen LogP contribution in [-0.4, -0.2) is 21.4 Å². The third-order valence-electron chi connectivity index (χ3n) is 4.03. The molecule has 1 atom stereocenters. The molecule has 2 amide bonds. The molecule has 1 unspecified atom stereocenters. The third-order valence-corrected chi connectivity index (χ3v) is 4.03. The first-order valence-corrected chi connectivity index (χ1v) is 7.55. The number of para-hydroxylation sites is 2. The van der Waals surface area contributed by atoms with Crippen molar-refractivity contribution in [2.45, 2.75) is 12.5 Å². The van der Waals surface area contributed by atoms with Gasteiger partial charge in [-0.1, -0.05) is 12.1 Å². The zero-order valence-electron chi connectivity index (χ0n) is 12.8. The lowest BCUT2D eigenvalue weighted by Gasteiger charge is -2.25. The number of amides is 2. The molecule has 0 aliphatic carbocycles. The fourth-order valence-electron chi connectivity index (χ4n) is 2.91. The Hall–Kier alpha value is -3.29. The summed E-state index contributed by atoms with van der Waals surface area (Å²) < 4.78 is 28.4. The molecule has 25 heavy (non-hydrogen) atoms. The molecular weight excluding hydrogens is 330 g/mol. The highest BCUT2D eigenvalue weighted by atomic mass is 19.1. The van der Waals surface area contributed by atoms with E-state index in [0.717, 1.165) is 12.1 Å². The van der Waals surface area contributed by atoms with Crippen molar-refractivity contribution in [3.63, 3.8) is 0 Å². The Morgan fingerprint density at radius 3 is 2.84 bits per heavy atom. The highest BCUT2D eigenvalue weighted by molar-refractivity contribution is 6.03. The van der Waals surface area contributed by atoms with Crippen LogP contribution in [0.3, 0.4) is 0 Å². The van der Waals surface area contributed by atoms with Crippen molar-refractivity contribution in [3.05, 3.63) is 54.1 Å². The minimum Gasteiger partial charge on any atom is -0.322 e. The van der Waals surface area contributed by atoms with E-state index < -0.39 is 23.6 Å². The highest BCUT2D eigenvalue weighted by Gasteiger charge is 2.33. The molecule has 2 heterocycles. The Bertz CT molecular complexity index is 1020. The quantitative estimate of drug-likeness (QED) is 0.752. The number of anilines is 2. The van der Waals surface area contributed by atoms with Gasteiger partial charge in [0.1, 0.15) is 17.7 Å². The van der Waals surface area contributed by atoms with Gasteiger partial charge in [0.2, 0.25) is 17.8 Å². The monoisotopic (exact) mass is 342 g/mol. The SMILES string of the molecule is O=C1CC(C(=O)Nc2ccc(F)cc2F)n2c(nc3ccccc32)N1. The summed E-state index contributed by atoms with van der Waals surface area (Å²) >= 11 is 0. The van der Waals surface area contributed by atoms with Gasteiger partial charge in [-0.3, -0.25) is 19.5 Å². The van der Waals surface area contributed by atoms with Gasteiger partial charge in [0.05, 0.1) is 23.1 Å². The molecule has 8 heteroatoms. The van der Waals surface area contributed by atoms with Crippen LogP contribution in [-0.2, 0) is 9.59 Å². The van der Waals surface area contributed by atoms with Crippen LogP contribution in [0.2, 0.25) is 0 Å². The second-order valence-corrected chi connectivity index (χ2v) is 5.68. The number of halogens is 2. The second kappa shape index (κ2) is 5.66. The van der Waals surface area contributed by atoms with Crippen LogP contribution >= 0.6 is 0 Å². The van der Waals surface area contributed by atoms with Gasteiger partial charge in [0, 0.05) is 6.07 Å². The van der Waals surface area contributed by atoms with E-state index in [1.165, 1.54) is 0 Å². The summed E-state index contributed by atoms with van der Waals surface area (Å²) in [4.78, 5) is 28.9. The topological polar surface area (TPSA) is 76.0 Å². The van der Waals surface area contributed by atoms with Crippen molar-refractivity contribution in [1.82, 2.24) is 9.55 Å². The molecule has 0 radical (unpaired) electrons. The molecule has 126 valence electrons. The van der Waals surface area contributed by atoms with Gasteiger partial charge in [-0.2, -0.15) is 0 Å². The molecule has 2 N–H and O–H groups in total. The van der Waals surface area contributed by atoms with Crippen LogP contribution in [0.4, 0.5) is 20.4 Å². The molecule has 0 saturated carbocycles. The molecule has 2 aromatic carbocycles. The number of benzene rings is 2. The molecule has 1 aliphatic heterocycles. The number of nitrogens with one attached hydrogen (secondary N) is 2. The molecular formula is C17H12F2N4O2. The van der Waals surface area contributed by atoms with E-state index in [0.29, 0.717) is 17.1 Å². The maximum atomic E-state index is 13.8. The number of aromatic nitrogens is 2. The summed E-state index contributed by atoms with van der Waals surface area (Å²) in [5.74, 6) is -2.30. The normalized spacial score (nSPS) is 16.4. The average molecular weight is 342 g/mol. The maximum absolute atomic E-state index is 13.8. The molecule has 1 aromatic heterocycles. The van der Waals surface area contributed by atoms with Gasteiger partial charge in [0.15, 0.2) is 0 Å². The highest BCUT2D eigenvalue weighted by Crippen LogP contribution is 2.31. The molecule has 6 nitrogen and oxygen atoms in total. The molecule has 0 spiro atoms. The molecule has 3 aromatic rings. The number of imidazole rings is 1. The van der Waals surface area contributed by atoms with E-state index in [4.69, 9.17) is 0 Å². The number of carbonyl (C=O) groups is 2. The van der Waals surface area contributed by atoms with Gasteiger partial charge < -0.3 is 5.32 Å². The lowest BCUT2D eigenvalue weighted by atomic mass is 10.1. The van der Waals surface area contributed by atoms with E-state index >= 15 is 0 Å². The van der Waals surface area contributed by atoms with Crippen molar-refractivity contribution in [3.8, 4) is 0 Å². The first-order chi connectivity index (χ1) is 12.0. The second-order valence-electron chi connectivity index (χ2n) is 5.68. The molecule has 0 saturated heterocycles. The predicted molar refractivity (Wildman–Crippen MR) is 87.0 cm³/mol. The van der Waals surface area contributed by atoms with Crippen molar-refractivity contribution < 1.29 is 18.4 Å². The fraction of sp³-hybridized carbons (Fsp3) is 0.118. The predicted octanol–water partition coefficient (Wildman–Crippen LogP) is 2.84. The Labute approximate surface area is 140 Å². The van der Waals surface area contributed by atoms with Gasteiger partial charge in [-0.25, -0.2) is 13.8 Å². The minimum absolute atomic E-state index is 0.109. The zero-order chi connectivity index (χ0) is 17.6. The van der Waals surface area contributed by atoms with Crippen LogP contribution in [0.25, 0.3) is 11.0 Å². The maximum Gasteiger partial charge on any atom is 0.248 e. The number of hydrogen-bond donors (Lipinski definition) is 2. The van der Waals surface area contributed by atoms with E-state index in [-0.39, 0.29) is 24.0 Å².